The number of nitrogen functional groups attached to an aromatic ring is 1. The summed E-state index contributed by atoms with van der Waals surface area (Å²) in [6.07, 6.45) is 2.47. The molecule has 2 aromatic rings. The molecule has 0 unspecified atom stereocenters. The highest BCUT2D eigenvalue weighted by Crippen LogP contribution is 2.21. The van der Waals surface area contributed by atoms with Crippen LogP contribution in [0.15, 0.2) is 36.5 Å². The quantitative estimate of drug-likeness (QED) is 0.882. The summed E-state index contributed by atoms with van der Waals surface area (Å²) in [4.78, 5) is 4.15. The molecule has 0 saturated carbocycles. The Bertz CT molecular complexity index is 543. The smallest absolute Gasteiger partial charge is 0.144 e. The third-order valence-corrected chi connectivity index (χ3v) is 3.02. The normalized spacial score (nSPS) is 10.2. The molecule has 100 valence electrons. The average Bonchev–Trinajstić information content (AvgIpc) is 2.42. The van der Waals surface area contributed by atoms with Crippen LogP contribution in [0, 0.1) is 0 Å². The van der Waals surface area contributed by atoms with Crippen molar-refractivity contribution in [1.29, 1.82) is 0 Å². The van der Waals surface area contributed by atoms with Crippen LogP contribution >= 0.6 is 11.6 Å². The third kappa shape index (κ3) is 3.76. The van der Waals surface area contributed by atoms with Crippen molar-refractivity contribution in [2.75, 3.05) is 24.7 Å². The Morgan fingerprint density at radius 3 is 2.68 bits per heavy atom. The minimum Gasteiger partial charge on any atom is -0.497 e. The van der Waals surface area contributed by atoms with Gasteiger partial charge in [0.2, 0.25) is 0 Å². The first kappa shape index (κ1) is 13.5. The van der Waals surface area contributed by atoms with E-state index < -0.39 is 0 Å². The molecule has 0 aliphatic carbocycles. The number of pyridine rings is 1. The summed E-state index contributed by atoms with van der Waals surface area (Å²) in [6.45, 7) is 0.753. The molecule has 0 amide bonds. The maximum absolute atomic E-state index is 6.03. The molecule has 0 radical (unpaired) electrons. The minimum absolute atomic E-state index is 0.537. The van der Waals surface area contributed by atoms with Crippen molar-refractivity contribution in [2.24, 2.45) is 0 Å². The van der Waals surface area contributed by atoms with Gasteiger partial charge in [0.1, 0.15) is 11.6 Å². The van der Waals surface area contributed by atoms with Crippen molar-refractivity contribution in [3.05, 3.63) is 47.1 Å². The summed E-state index contributed by atoms with van der Waals surface area (Å²) in [5.74, 6) is 1.52. The minimum atomic E-state index is 0.537. The van der Waals surface area contributed by atoms with Crippen LogP contribution in [-0.4, -0.2) is 18.6 Å². The van der Waals surface area contributed by atoms with Gasteiger partial charge in [0, 0.05) is 6.54 Å². The Labute approximate surface area is 117 Å². The van der Waals surface area contributed by atoms with Gasteiger partial charge in [0.25, 0.3) is 0 Å². The Balaban J connectivity index is 1.88. The van der Waals surface area contributed by atoms with Gasteiger partial charge in [-0.25, -0.2) is 4.98 Å². The molecular formula is C14H16ClN3O. The summed E-state index contributed by atoms with van der Waals surface area (Å²) in [5, 5.41) is 3.72. The number of rotatable bonds is 5. The first-order chi connectivity index (χ1) is 9.19. The summed E-state index contributed by atoms with van der Waals surface area (Å²) in [7, 11) is 1.66. The molecule has 4 nitrogen and oxygen atoms in total. The number of aromatic nitrogens is 1. The maximum Gasteiger partial charge on any atom is 0.144 e. The molecule has 2 rings (SSSR count). The standard InChI is InChI=1S/C14H16ClN3O/c1-19-12-4-2-10(3-5-12)6-7-17-14-13(15)8-11(16)9-18-14/h2-5,8-9H,6-7,16H2,1H3,(H,17,18). The van der Waals surface area contributed by atoms with Gasteiger partial charge in [-0.15, -0.1) is 0 Å². The van der Waals surface area contributed by atoms with Crippen LogP contribution < -0.4 is 15.8 Å². The third-order valence-electron chi connectivity index (χ3n) is 2.73. The molecule has 19 heavy (non-hydrogen) atoms. The van der Waals surface area contributed by atoms with Gasteiger partial charge in [-0.05, 0) is 30.2 Å². The molecule has 5 heteroatoms. The lowest BCUT2D eigenvalue weighted by molar-refractivity contribution is 0.414. The van der Waals surface area contributed by atoms with E-state index in [4.69, 9.17) is 22.1 Å². The van der Waals surface area contributed by atoms with E-state index in [-0.39, 0.29) is 0 Å². The van der Waals surface area contributed by atoms with Crippen molar-refractivity contribution in [3.8, 4) is 5.75 Å². The van der Waals surface area contributed by atoms with Crippen molar-refractivity contribution in [1.82, 2.24) is 4.98 Å². The Morgan fingerprint density at radius 2 is 2.05 bits per heavy atom. The van der Waals surface area contributed by atoms with Crippen molar-refractivity contribution in [2.45, 2.75) is 6.42 Å². The van der Waals surface area contributed by atoms with Crippen LogP contribution in [0.2, 0.25) is 5.02 Å². The maximum atomic E-state index is 6.03. The van der Waals surface area contributed by atoms with Crippen LogP contribution in [-0.2, 0) is 6.42 Å². The number of halogens is 1. The average molecular weight is 278 g/mol. The van der Waals surface area contributed by atoms with Gasteiger partial charge >= 0.3 is 0 Å². The number of nitrogens with two attached hydrogens (primary N) is 1. The second-order valence-corrected chi connectivity index (χ2v) is 4.53. The number of hydrogen-bond donors (Lipinski definition) is 2. The summed E-state index contributed by atoms with van der Waals surface area (Å²) in [6, 6.07) is 9.66. The number of nitrogens with one attached hydrogen (secondary N) is 1. The number of benzene rings is 1. The van der Waals surface area contributed by atoms with E-state index in [0.717, 1.165) is 18.7 Å². The highest BCUT2D eigenvalue weighted by atomic mass is 35.5. The van der Waals surface area contributed by atoms with Crippen LogP contribution in [0.25, 0.3) is 0 Å². The lowest BCUT2D eigenvalue weighted by Gasteiger charge is -2.08. The van der Waals surface area contributed by atoms with Gasteiger partial charge in [-0.2, -0.15) is 0 Å². The molecule has 1 heterocycles. The molecule has 0 bridgehead atoms. The SMILES string of the molecule is COc1ccc(CCNc2ncc(N)cc2Cl)cc1. The molecule has 3 N–H and O–H groups in total. The molecule has 0 saturated heterocycles. The van der Waals surface area contributed by atoms with Crippen molar-refractivity contribution < 1.29 is 4.74 Å². The lowest BCUT2D eigenvalue weighted by atomic mass is 10.1. The zero-order valence-electron chi connectivity index (χ0n) is 10.7. The van der Waals surface area contributed by atoms with Crippen LogP contribution in [0.4, 0.5) is 11.5 Å². The highest BCUT2D eigenvalue weighted by molar-refractivity contribution is 6.33. The monoisotopic (exact) mass is 277 g/mol. The molecule has 0 aliphatic rings. The summed E-state index contributed by atoms with van der Waals surface area (Å²) in [5.41, 5.74) is 7.37. The van der Waals surface area contributed by atoms with Gasteiger partial charge in [-0.3, -0.25) is 0 Å². The fourth-order valence-corrected chi connectivity index (χ4v) is 1.94. The second kappa shape index (κ2) is 6.29. The molecule has 0 aliphatic heterocycles. The largest absolute Gasteiger partial charge is 0.497 e. The number of hydrogen-bond acceptors (Lipinski definition) is 4. The summed E-state index contributed by atoms with van der Waals surface area (Å²) < 4.78 is 5.11. The Morgan fingerprint density at radius 1 is 1.32 bits per heavy atom. The number of anilines is 2. The van der Waals surface area contributed by atoms with E-state index in [9.17, 15) is 0 Å². The van der Waals surface area contributed by atoms with Crippen molar-refractivity contribution in [3.63, 3.8) is 0 Å². The molecule has 0 spiro atoms. The molecule has 0 atom stereocenters. The zero-order valence-corrected chi connectivity index (χ0v) is 11.4. The predicted octanol–water partition coefficient (Wildman–Crippen LogP) is 2.98. The lowest BCUT2D eigenvalue weighted by Crippen LogP contribution is -2.07. The number of nitrogens with zero attached hydrogens (tertiary/aromatic N) is 1. The summed E-state index contributed by atoms with van der Waals surface area (Å²) >= 11 is 6.03. The molecular weight excluding hydrogens is 262 g/mol. The first-order valence-corrected chi connectivity index (χ1v) is 6.34. The highest BCUT2D eigenvalue weighted by Gasteiger charge is 2.01. The van der Waals surface area contributed by atoms with Gasteiger partial charge in [0.15, 0.2) is 0 Å². The van der Waals surface area contributed by atoms with Crippen LogP contribution in [0.1, 0.15) is 5.56 Å². The van der Waals surface area contributed by atoms with E-state index >= 15 is 0 Å². The van der Waals surface area contributed by atoms with E-state index in [1.165, 1.54) is 5.56 Å². The molecule has 1 aromatic carbocycles. The van der Waals surface area contributed by atoms with Crippen LogP contribution in [0.3, 0.4) is 0 Å². The zero-order chi connectivity index (χ0) is 13.7. The Hall–Kier alpha value is -1.94. The predicted molar refractivity (Wildman–Crippen MR) is 78.8 cm³/mol. The van der Waals surface area contributed by atoms with Gasteiger partial charge in [-0.1, -0.05) is 23.7 Å². The van der Waals surface area contributed by atoms with E-state index in [1.807, 2.05) is 24.3 Å². The number of methoxy groups -OCH3 is 1. The number of ether oxygens (including phenoxy) is 1. The van der Waals surface area contributed by atoms with E-state index in [1.54, 1.807) is 19.4 Å². The molecule has 0 fully saturated rings. The fourth-order valence-electron chi connectivity index (χ4n) is 1.70. The van der Waals surface area contributed by atoms with E-state index in [0.29, 0.717) is 16.5 Å². The molecule has 1 aromatic heterocycles. The van der Waals surface area contributed by atoms with Gasteiger partial charge in [0.05, 0.1) is 24.0 Å². The van der Waals surface area contributed by atoms with E-state index in [2.05, 4.69) is 10.3 Å². The fraction of sp³-hybridized carbons (Fsp3) is 0.214. The van der Waals surface area contributed by atoms with Crippen LogP contribution in [0.5, 0.6) is 5.75 Å². The van der Waals surface area contributed by atoms with Gasteiger partial charge < -0.3 is 15.8 Å². The van der Waals surface area contributed by atoms with Crippen molar-refractivity contribution >= 4 is 23.1 Å². The Kier molecular flexibility index (Phi) is 4.47. The first-order valence-electron chi connectivity index (χ1n) is 5.97. The second-order valence-electron chi connectivity index (χ2n) is 4.12. The topological polar surface area (TPSA) is 60.2 Å².